The van der Waals surface area contributed by atoms with E-state index in [2.05, 4.69) is 11.4 Å². The van der Waals surface area contributed by atoms with Crippen LogP contribution in [0.2, 0.25) is 5.02 Å². The fourth-order valence-electron chi connectivity index (χ4n) is 2.23. The van der Waals surface area contributed by atoms with E-state index >= 15 is 0 Å². The van der Waals surface area contributed by atoms with Crippen LogP contribution < -0.4 is 5.32 Å². The summed E-state index contributed by atoms with van der Waals surface area (Å²) in [5, 5.41) is 13.4. The molecule has 0 aliphatic rings. The molecule has 3 nitrogen and oxygen atoms in total. The van der Waals surface area contributed by atoms with E-state index in [9.17, 15) is 9.90 Å². The van der Waals surface area contributed by atoms with Gasteiger partial charge in [0.25, 0.3) is 0 Å². The number of carbonyl (C=O) groups excluding carboxylic acids is 1. The molecule has 116 valence electrons. The van der Waals surface area contributed by atoms with Gasteiger partial charge in [-0.15, -0.1) is 0 Å². The molecule has 2 N–H and O–H groups in total. The third-order valence-electron chi connectivity index (χ3n) is 3.47. The van der Waals surface area contributed by atoms with Crippen molar-refractivity contribution in [2.24, 2.45) is 0 Å². The molecule has 0 radical (unpaired) electrons. The van der Waals surface area contributed by atoms with Gasteiger partial charge in [0.15, 0.2) is 0 Å². The standard InChI is InChI=1S/C18H20ClNO2/c1-13-3-2-4-14(11-13)5-10-18(22)20-12-17(21)15-6-8-16(19)9-7-15/h2-4,6-9,11,17,21H,5,10,12H2,1H3,(H,20,22). The first-order valence-corrected chi connectivity index (χ1v) is 7.68. The highest BCUT2D eigenvalue weighted by molar-refractivity contribution is 6.30. The van der Waals surface area contributed by atoms with E-state index in [-0.39, 0.29) is 12.5 Å². The molecule has 0 aromatic heterocycles. The number of aliphatic hydroxyl groups excluding tert-OH is 1. The van der Waals surface area contributed by atoms with Crippen molar-refractivity contribution in [2.75, 3.05) is 6.54 Å². The Bertz CT molecular complexity index is 625. The zero-order valence-electron chi connectivity index (χ0n) is 12.6. The summed E-state index contributed by atoms with van der Waals surface area (Å²) in [5.41, 5.74) is 3.08. The summed E-state index contributed by atoms with van der Waals surface area (Å²) >= 11 is 5.80. The lowest BCUT2D eigenvalue weighted by molar-refractivity contribution is -0.121. The second kappa shape index (κ2) is 7.97. The zero-order valence-corrected chi connectivity index (χ0v) is 13.3. The van der Waals surface area contributed by atoms with Crippen molar-refractivity contribution in [1.82, 2.24) is 5.32 Å². The summed E-state index contributed by atoms with van der Waals surface area (Å²) in [7, 11) is 0. The largest absolute Gasteiger partial charge is 0.387 e. The van der Waals surface area contributed by atoms with Gasteiger partial charge < -0.3 is 10.4 Å². The molecule has 0 spiro atoms. The maximum absolute atomic E-state index is 11.8. The highest BCUT2D eigenvalue weighted by atomic mass is 35.5. The summed E-state index contributed by atoms with van der Waals surface area (Å²) in [5.74, 6) is -0.0606. The van der Waals surface area contributed by atoms with Crippen LogP contribution in [-0.4, -0.2) is 17.6 Å². The summed E-state index contributed by atoms with van der Waals surface area (Å²) in [4.78, 5) is 11.8. The van der Waals surface area contributed by atoms with Crippen LogP contribution in [0.25, 0.3) is 0 Å². The van der Waals surface area contributed by atoms with Crippen molar-refractivity contribution in [3.63, 3.8) is 0 Å². The zero-order chi connectivity index (χ0) is 15.9. The molecule has 0 aliphatic carbocycles. The SMILES string of the molecule is Cc1cccc(CCC(=O)NCC(O)c2ccc(Cl)cc2)c1. The first kappa shape index (κ1) is 16.5. The van der Waals surface area contributed by atoms with E-state index in [0.29, 0.717) is 17.9 Å². The molecule has 1 amide bonds. The summed E-state index contributed by atoms with van der Waals surface area (Å²) < 4.78 is 0. The molecule has 0 fully saturated rings. The van der Waals surface area contributed by atoms with Crippen LogP contribution in [0, 0.1) is 6.92 Å². The van der Waals surface area contributed by atoms with Gasteiger partial charge in [-0.25, -0.2) is 0 Å². The number of benzene rings is 2. The van der Waals surface area contributed by atoms with Gasteiger partial charge in [-0.1, -0.05) is 53.6 Å². The predicted octanol–water partition coefficient (Wildman–Crippen LogP) is 3.43. The average Bonchev–Trinajstić information content (AvgIpc) is 2.51. The van der Waals surface area contributed by atoms with Crippen LogP contribution in [0.1, 0.15) is 29.2 Å². The molecule has 22 heavy (non-hydrogen) atoms. The fraction of sp³-hybridized carbons (Fsp3) is 0.278. The van der Waals surface area contributed by atoms with Gasteiger partial charge in [-0.2, -0.15) is 0 Å². The Balaban J connectivity index is 1.76. The third-order valence-corrected chi connectivity index (χ3v) is 3.72. The smallest absolute Gasteiger partial charge is 0.220 e. The van der Waals surface area contributed by atoms with Crippen LogP contribution in [0.15, 0.2) is 48.5 Å². The second-order valence-electron chi connectivity index (χ2n) is 5.36. The summed E-state index contributed by atoms with van der Waals surface area (Å²) in [6.07, 6.45) is 0.390. The first-order chi connectivity index (χ1) is 10.5. The van der Waals surface area contributed by atoms with Gasteiger partial charge in [0.2, 0.25) is 5.91 Å². The number of aliphatic hydroxyl groups is 1. The van der Waals surface area contributed by atoms with E-state index in [4.69, 9.17) is 11.6 Å². The number of rotatable bonds is 6. The molecule has 0 heterocycles. The molecule has 2 rings (SSSR count). The molecule has 0 aliphatic heterocycles. The minimum atomic E-state index is -0.722. The number of carbonyl (C=O) groups is 1. The van der Waals surface area contributed by atoms with E-state index in [1.165, 1.54) is 5.56 Å². The monoisotopic (exact) mass is 317 g/mol. The third kappa shape index (κ3) is 5.17. The lowest BCUT2D eigenvalue weighted by Gasteiger charge is -2.12. The first-order valence-electron chi connectivity index (χ1n) is 7.30. The van der Waals surface area contributed by atoms with E-state index in [1.807, 2.05) is 25.1 Å². The number of aryl methyl sites for hydroxylation is 2. The molecule has 0 saturated heterocycles. The molecule has 0 bridgehead atoms. The number of hydrogen-bond donors (Lipinski definition) is 2. The molecule has 1 atom stereocenters. The highest BCUT2D eigenvalue weighted by Crippen LogP contribution is 2.15. The minimum absolute atomic E-state index is 0.0606. The Labute approximate surface area is 135 Å². The Kier molecular flexibility index (Phi) is 5.99. The quantitative estimate of drug-likeness (QED) is 0.857. The van der Waals surface area contributed by atoms with Gasteiger partial charge in [0, 0.05) is 18.0 Å². The second-order valence-corrected chi connectivity index (χ2v) is 5.80. The van der Waals surface area contributed by atoms with Crippen molar-refractivity contribution in [3.8, 4) is 0 Å². The number of nitrogens with one attached hydrogen (secondary N) is 1. The molecule has 0 saturated carbocycles. The Hall–Kier alpha value is -1.84. The molecule has 2 aromatic carbocycles. The normalized spacial score (nSPS) is 12.0. The minimum Gasteiger partial charge on any atom is -0.387 e. The van der Waals surface area contributed by atoms with E-state index in [0.717, 1.165) is 11.1 Å². The molecule has 2 aromatic rings. The molecule has 4 heteroatoms. The predicted molar refractivity (Wildman–Crippen MR) is 88.9 cm³/mol. The molecular weight excluding hydrogens is 298 g/mol. The van der Waals surface area contributed by atoms with Crippen molar-refractivity contribution in [2.45, 2.75) is 25.9 Å². The molecule has 1 unspecified atom stereocenters. The van der Waals surface area contributed by atoms with E-state index in [1.54, 1.807) is 24.3 Å². The van der Waals surface area contributed by atoms with Crippen LogP contribution >= 0.6 is 11.6 Å². The van der Waals surface area contributed by atoms with Crippen LogP contribution in [-0.2, 0) is 11.2 Å². The Morgan fingerprint density at radius 2 is 1.95 bits per heavy atom. The van der Waals surface area contributed by atoms with Gasteiger partial charge in [-0.3, -0.25) is 4.79 Å². The van der Waals surface area contributed by atoms with Crippen molar-refractivity contribution in [3.05, 3.63) is 70.2 Å². The maximum atomic E-state index is 11.8. The number of halogens is 1. The summed E-state index contributed by atoms with van der Waals surface area (Å²) in [6, 6.07) is 15.1. The van der Waals surface area contributed by atoms with Crippen LogP contribution in [0.4, 0.5) is 0 Å². The number of hydrogen-bond acceptors (Lipinski definition) is 2. The van der Waals surface area contributed by atoms with Crippen LogP contribution in [0.5, 0.6) is 0 Å². The lowest BCUT2D eigenvalue weighted by atomic mass is 10.1. The van der Waals surface area contributed by atoms with Gasteiger partial charge in [0.05, 0.1) is 6.10 Å². The Morgan fingerprint density at radius 3 is 2.64 bits per heavy atom. The lowest BCUT2D eigenvalue weighted by Crippen LogP contribution is -2.28. The highest BCUT2D eigenvalue weighted by Gasteiger charge is 2.09. The summed E-state index contributed by atoms with van der Waals surface area (Å²) in [6.45, 7) is 2.24. The molecular formula is C18H20ClNO2. The average molecular weight is 318 g/mol. The van der Waals surface area contributed by atoms with Crippen molar-refractivity contribution < 1.29 is 9.90 Å². The Morgan fingerprint density at radius 1 is 1.23 bits per heavy atom. The van der Waals surface area contributed by atoms with Gasteiger partial charge in [-0.05, 0) is 36.6 Å². The van der Waals surface area contributed by atoms with Crippen LogP contribution in [0.3, 0.4) is 0 Å². The fourth-order valence-corrected chi connectivity index (χ4v) is 2.35. The maximum Gasteiger partial charge on any atom is 0.220 e. The van der Waals surface area contributed by atoms with Gasteiger partial charge in [0.1, 0.15) is 0 Å². The van der Waals surface area contributed by atoms with Gasteiger partial charge >= 0.3 is 0 Å². The topological polar surface area (TPSA) is 49.3 Å². The number of amides is 1. The van der Waals surface area contributed by atoms with Crippen molar-refractivity contribution >= 4 is 17.5 Å². The van der Waals surface area contributed by atoms with E-state index < -0.39 is 6.10 Å². The van der Waals surface area contributed by atoms with Crippen molar-refractivity contribution in [1.29, 1.82) is 0 Å².